The third kappa shape index (κ3) is 4.26. The Hall–Kier alpha value is -1.18. The molecule has 0 spiro atoms. The molecule has 1 aromatic rings. The Labute approximate surface area is 139 Å². The van der Waals surface area contributed by atoms with Crippen LogP contribution in [0.25, 0.3) is 0 Å². The molecule has 0 bridgehead atoms. The molecule has 1 saturated heterocycles. The van der Waals surface area contributed by atoms with E-state index in [1.807, 2.05) is 0 Å². The van der Waals surface area contributed by atoms with Crippen molar-refractivity contribution in [3.8, 4) is 0 Å². The van der Waals surface area contributed by atoms with Crippen molar-refractivity contribution in [2.24, 2.45) is 0 Å². The maximum atomic E-state index is 12.0. The smallest absolute Gasteiger partial charge is 0.330 e. The highest BCUT2D eigenvalue weighted by molar-refractivity contribution is 7.72. The molecule has 1 aromatic heterocycles. The zero-order valence-electron chi connectivity index (χ0n) is 13.9. The van der Waals surface area contributed by atoms with Crippen LogP contribution in [0.2, 0.25) is 0 Å². The largest absolute Gasteiger partial charge is 0.396 e. The molecule has 0 aromatic carbocycles. The summed E-state index contributed by atoms with van der Waals surface area (Å²) < 4.78 is 6.75. The number of nitrogens with one attached hydrogen (secondary N) is 1. The molecule has 1 unspecified atom stereocenters. The van der Waals surface area contributed by atoms with Crippen LogP contribution in [0.4, 0.5) is 0 Å². The van der Waals surface area contributed by atoms with Gasteiger partial charge in [0.2, 0.25) is 0 Å². The Bertz CT molecular complexity index is 736. The second-order valence-electron chi connectivity index (χ2n) is 6.79. The first kappa shape index (κ1) is 19.1. The molecule has 2 heterocycles. The monoisotopic (exact) mass is 360 g/mol. The Morgan fingerprint density at radius 1 is 1.33 bits per heavy atom. The summed E-state index contributed by atoms with van der Waals surface area (Å²) in [4.78, 5) is 25.9. The minimum Gasteiger partial charge on any atom is -0.396 e. The van der Waals surface area contributed by atoms with Gasteiger partial charge in [-0.3, -0.25) is 14.3 Å². The van der Waals surface area contributed by atoms with Gasteiger partial charge in [0.15, 0.2) is 6.23 Å². The van der Waals surface area contributed by atoms with Gasteiger partial charge in [0.1, 0.15) is 12.2 Å². The average Bonchev–Trinajstić information content (AvgIpc) is 2.75. The zero-order chi connectivity index (χ0) is 18.1. The van der Waals surface area contributed by atoms with Gasteiger partial charge in [-0.2, -0.15) is 0 Å². The SMILES string of the molecule is C=P(C)(C)CC[C@H]1OC(n2cc(CCO)c(=O)[nH]c2=O)[C@H](O)[C@@H]1O. The van der Waals surface area contributed by atoms with Gasteiger partial charge in [-0.15, -0.1) is 13.2 Å². The minimum absolute atomic E-state index is 0.0740. The maximum Gasteiger partial charge on any atom is 0.330 e. The van der Waals surface area contributed by atoms with Gasteiger partial charge in [-0.1, -0.05) is 0 Å². The van der Waals surface area contributed by atoms with E-state index in [9.17, 15) is 19.8 Å². The summed E-state index contributed by atoms with van der Waals surface area (Å²) in [6.45, 7) is 2.58. The summed E-state index contributed by atoms with van der Waals surface area (Å²) >= 11 is 0. The van der Waals surface area contributed by atoms with Crippen LogP contribution in [-0.2, 0) is 11.2 Å². The van der Waals surface area contributed by atoms with Gasteiger partial charge in [-0.25, -0.2) is 4.79 Å². The van der Waals surface area contributed by atoms with E-state index >= 15 is 0 Å². The molecule has 0 amide bonds. The number of hydrogen-bond acceptors (Lipinski definition) is 6. The minimum atomic E-state index is -1.31. The lowest BCUT2D eigenvalue weighted by Gasteiger charge is -2.19. The number of aliphatic hydroxyl groups is 3. The topological polar surface area (TPSA) is 125 Å². The van der Waals surface area contributed by atoms with Crippen molar-refractivity contribution in [2.45, 2.75) is 37.4 Å². The Balaban J connectivity index is 2.26. The van der Waals surface area contributed by atoms with Crippen molar-refractivity contribution in [1.29, 1.82) is 0 Å². The van der Waals surface area contributed by atoms with Crippen LogP contribution in [-0.4, -0.2) is 75.6 Å². The van der Waals surface area contributed by atoms with E-state index in [0.717, 1.165) is 10.7 Å². The fourth-order valence-electron chi connectivity index (χ4n) is 2.69. The van der Waals surface area contributed by atoms with Gasteiger partial charge in [-0.05, 0) is 25.9 Å². The molecule has 2 rings (SSSR count). The second kappa shape index (κ2) is 7.37. The lowest BCUT2D eigenvalue weighted by molar-refractivity contribution is -0.0404. The predicted molar refractivity (Wildman–Crippen MR) is 93.4 cm³/mol. The summed E-state index contributed by atoms with van der Waals surface area (Å²) in [6, 6.07) is 0. The average molecular weight is 360 g/mol. The lowest BCUT2D eigenvalue weighted by Crippen LogP contribution is -2.38. The molecule has 136 valence electrons. The molecule has 0 aliphatic carbocycles. The summed E-state index contributed by atoms with van der Waals surface area (Å²) in [5.74, 6) is 0. The number of ether oxygens (including phenoxy) is 1. The molecule has 1 aliphatic heterocycles. The fraction of sp³-hybridized carbons (Fsp3) is 0.667. The number of hydrogen-bond donors (Lipinski definition) is 4. The van der Waals surface area contributed by atoms with Gasteiger partial charge >= 0.3 is 5.69 Å². The predicted octanol–water partition coefficient (Wildman–Crippen LogP) is -1.21. The number of rotatable bonds is 6. The fourth-order valence-corrected chi connectivity index (χ4v) is 3.64. The summed E-state index contributed by atoms with van der Waals surface area (Å²) in [7, 11) is 0. The molecule has 9 heteroatoms. The molecule has 24 heavy (non-hydrogen) atoms. The Kier molecular flexibility index (Phi) is 5.88. The highest BCUT2D eigenvalue weighted by Gasteiger charge is 2.43. The standard InChI is InChI=1S/C15H25N2O6P/c1-24(2,3)7-5-10-11(19)12(20)14(23-10)17-8-9(4-6-18)13(21)16-15(17)22/h8,10-12,14,18-20H,1,4-7H2,2-3H3,(H,16,21,22)/t10-,11-,12-,14?/m1/s1. The highest BCUT2D eigenvalue weighted by atomic mass is 31.2. The molecule has 4 atom stereocenters. The second-order valence-corrected chi connectivity index (χ2v) is 11.1. The van der Waals surface area contributed by atoms with Crippen LogP contribution in [0.1, 0.15) is 18.2 Å². The quantitative estimate of drug-likeness (QED) is 0.472. The van der Waals surface area contributed by atoms with Crippen molar-refractivity contribution >= 4 is 13.2 Å². The van der Waals surface area contributed by atoms with E-state index in [4.69, 9.17) is 9.84 Å². The first-order chi connectivity index (χ1) is 11.1. The van der Waals surface area contributed by atoms with Crippen molar-refractivity contribution in [2.75, 3.05) is 26.1 Å². The van der Waals surface area contributed by atoms with E-state index in [1.165, 1.54) is 6.20 Å². The van der Waals surface area contributed by atoms with Crippen LogP contribution in [0.5, 0.6) is 0 Å². The first-order valence-electron chi connectivity index (χ1n) is 7.78. The molecular weight excluding hydrogens is 335 g/mol. The van der Waals surface area contributed by atoms with Crippen molar-refractivity contribution in [3.63, 3.8) is 0 Å². The lowest BCUT2D eigenvalue weighted by atomic mass is 10.1. The van der Waals surface area contributed by atoms with Crippen LogP contribution in [0.15, 0.2) is 15.8 Å². The molecule has 0 radical (unpaired) electrons. The molecule has 1 fully saturated rings. The van der Waals surface area contributed by atoms with E-state index < -0.39 is 42.7 Å². The van der Waals surface area contributed by atoms with E-state index in [2.05, 4.69) is 24.6 Å². The summed E-state index contributed by atoms with van der Waals surface area (Å²) in [5.41, 5.74) is -1.11. The molecular formula is C15H25N2O6P. The molecule has 1 aliphatic rings. The third-order valence-corrected chi connectivity index (χ3v) is 5.52. The van der Waals surface area contributed by atoms with Crippen molar-refractivity contribution < 1.29 is 20.1 Å². The first-order valence-corrected chi connectivity index (χ1v) is 10.8. The third-order valence-electron chi connectivity index (χ3n) is 4.05. The highest BCUT2D eigenvalue weighted by Crippen LogP contribution is 2.39. The number of H-pyrrole nitrogens is 1. The summed E-state index contributed by atoms with van der Waals surface area (Å²) in [6.07, 6.45) is 2.65. The maximum absolute atomic E-state index is 12.0. The Morgan fingerprint density at radius 2 is 2.00 bits per heavy atom. The van der Waals surface area contributed by atoms with E-state index in [0.29, 0.717) is 6.42 Å². The van der Waals surface area contributed by atoms with Crippen LogP contribution >= 0.6 is 6.89 Å². The number of aliphatic hydroxyl groups excluding tert-OH is 3. The number of aromatic amines is 1. The van der Waals surface area contributed by atoms with Crippen LogP contribution in [0.3, 0.4) is 0 Å². The van der Waals surface area contributed by atoms with Crippen LogP contribution < -0.4 is 11.2 Å². The zero-order valence-corrected chi connectivity index (χ0v) is 14.8. The van der Waals surface area contributed by atoms with E-state index in [1.54, 1.807) is 0 Å². The molecule has 4 N–H and O–H groups in total. The van der Waals surface area contributed by atoms with Crippen molar-refractivity contribution in [1.82, 2.24) is 9.55 Å². The van der Waals surface area contributed by atoms with Crippen molar-refractivity contribution in [3.05, 3.63) is 32.6 Å². The van der Waals surface area contributed by atoms with Gasteiger partial charge in [0.25, 0.3) is 5.56 Å². The van der Waals surface area contributed by atoms with Gasteiger partial charge in [0, 0.05) is 24.8 Å². The van der Waals surface area contributed by atoms with Gasteiger partial charge < -0.3 is 20.1 Å². The summed E-state index contributed by atoms with van der Waals surface area (Å²) in [5, 5.41) is 29.4. The number of nitrogens with zero attached hydrogens (tertiary/aromatic N) is 1. The molecule has 0 saturated carbocycles. The Morgan fingerprint density at radius 3 is 2.58 bits per heavy atom. The normalized spacial score (nSPS) is 27.5. The van der Waals surface area contributed by atoms with E-state index in [-0.39, 0.29) is 18.6 Å². The van der Waals surface area contributed by atoms with Crippen LogP contribution in [0, 0.1) is 0 Å². The number of aromatic nitrogens is 2. The molecule has 8 nitrogen and oxygen atoms in total. The van der Waals surface area contributed by atoms with Gasteiger partial charge in [0.05, 0.1) is 6.10 Å².